The lowest BCUT2D eigenvalue weighted by Gasteiger charge is -2.20. The van der Waals surface area contributed by atoms with E-state index in [0.717, 1.165) is 53.4 Å². The Hall–Kier alpha value is -3.10. The van der Waals surface area contributed by atoms with Crippen LogP contribution in [-0.4, -0.2) is 64.6 Å². The van der Waals surface area contributed by atoms with Crippen LogP contribution in [0.15, 0.2) is 36.7 Å². The number of β-amino-alcohol motifs (C(OH)–C–C–N with tert-alkyl or cyclic N) is 1. The van der Waals surface area contributed by atoms with Gasteiger partial charge in [-0.2, -0.15) is 5.10 Å². The monoisotopic (exact) mass is 421 g/mol. The number of hydrogen-bond acceptors (Lipinski definition) is 7. The number of methoxy groups -OCH3 is 1. The van der Waals surface area contributed by atoms with Crippen LogP contribution in [0, 0.1) is 0 Å². The summed E-state index contributed by atoms with van der Waals surface area (Å²) in [5.74, 6) is 2.10. The van der Waals surface area contributed by atoms with E-state index in [9.17, 15) is 5.11 Å². The van der Waals surface area contributed by atoms with E-state index in [2.05, 4.69) is 25.4 Å². The van der Waals surface area contributed by atoms with Crippen LogP contribution in [0.4, 0.5) is 11.5 Å². The van der Waals surface area contributed by atoms with Gasteiger partial charge in [-0.05, 0) is 55.8 Å². The fourth-order valence-corrected chi connectivity index (χ4v) is 4.38. The predicted molar refractivity (Wildman–Crippen MR) is 118 cm³/mol. The molecule has 1 saturated heterocycles. The van der Waals surface area contributed by atoms with Gasteiger partial charge in [-0.3, -0.25) is 10.1 Å². The minimum Gasteiger partial charge on any atom is -0.493 e. The number of fused-ring (bicyclic) bond motifs is 3. The zero-order valence-corrected chi connectivity index (χ0v) is 17.6. The second kappa shape index (κ2) is 8.56. The molecule has 0 radical (unpaired) electrons. The average Bonchev–Trinajstić information content (AvgIpc) is 3.51. The van der Waals surface area contributed by atoms with Crippen LogP contribution in [0.5, 0.6) is 11.5 Å². The van der Waals surface area contributed by atoms with Gasteiger partial charge in [-0.25, -0.2) is 0 Å². The van der Waals surface area contributed by atoms with Crippen molar-refractivity contribution < 1.29 is 14.6 Å². The van der Waals surface area contributed by atoms with E-state index in [-0.39, 0.29) is 6.61 Å². The van der Waals surface area contributed by atoms with Crippen LogP contribution in [0.1, 0.15) is 24.0 Å². The first kappa shape index (κ1) is 19.8. The van der Waals surface area contributed by atoms with Gasteiger partial charge in [-0.15, -0.1) is 0 Å². The molecule has 0 spiro atoms. The largest absolute Gasteiger partial charge is 0.493 e. The van der Waals surface area contributed by atoms with Gasteiger partial charge in [0.15, 0.2) is 17.3 Å². The van der Waals surface area contributed by atoms with Crippen LogP contribution in [0.2, 0.25) is 0 Å². The highest BCUT2D eigenvalue weighted by molar-refractivity contribution is 5.81. The quantitative estimate of drug-likeness (QED) is 0.403. The molecule has 0 amide bonds. The Morgan fingerprint density at radius 1 is 1.26 bits per heavy atom. The number of ether oxygens (including phenoxy) is 2. The summed E-state index contributed by atoms with van der Waals surface area (Å²) in [6, 6.07) is 7.84. The SMILES string of the molecule is COc1cc2c(cc1OCC(O)CN1CCCC1)Cc1c(Nc3cccnc3)n[nH]c1-2. The molecule has 0 saturated carbocycles. The molecule has 3 heterocycles. The third-order valence-electron chi connectivity index (χ3n) is 5.92. The molecule has 1 aromatic carbocycles. The first-order valence-electron chi connectivity index (χ1n) is 10.7. The zero-order valence-electron chi connectivity index (χ0n) is 17.6. The van der Waals surface area contributed by atoms with Gasteiger partial charge in [0.1, 0.15) is 12.7 Å². The summed E-state index contributed by atoms with van der Waals surface area (Å²) in [4.78, 5) is 6.42. The van der Waals surface area contributed by atoms with E-state index in [1.807, 2.05) is 24.3 Å². The summed E-state index contributed by atoms with van der Waals surface area (Å²) < 4.78 is 11.6. The number of aliphatic hydroxyl groups is 1. The highest BCUT2D eigenvalue weighted by atomic mass is 16.5. The Labute approximate surface area is 181 Å². The highest BCUT2D eigenvalue weighted by Gasteiger charge is 2.27. The average molecular weight is 422 g/mol. The van der Waals surface area contributed by atoms with E-state index in [4.69, 9.17) is 9.47 Å². The van der Waals surface area contributed by atoms with Gasteiger partial charge in [0, 0.05) is 30.3 Å². The van der Waals surface area contributed by atoms with E-state index in [1.54, 1.807) is 19.5 Å². The Morgan fingerprint density at radius 2 is 2.13 bits per heavy atom. The van der Waals surface area contributed by atoms with E-state index in [1.165, 1.54) is 12.8 Å². The minimum atomic E-state index is -0.525. The number of likely N-dealkylation sites (tertiary alicyclic amines) is 1. The number of nitrogens with zero attached hydrogens (tertiary/aromatic N) is 3. The molecule has 0 bridgehead atoms. The van der Waals surface area contributed by atoms with Crippen LogP contribution < -0.4 is 14.8 Å². The molecule has 8 nitrogen and oxygen atoms in total. The maximum Gasteiger partial charge on any atom is 0.161 e. The predicted octanol–water partition coefficient (Wildman–Crippen LogP) is 2.96. The third kappa shape index (κ3) is 4.08. The smallest absolute Gasteiger partial charge is 0.161 e. The number of benzene rings is 1. The van der Waals surface area contributed by atoms with Gasteiger partial charge < -0.3 is 24.8 Å². The molecule has 1 aliphatic heterocycles. The van der Waals surface area contributed by atoms with Crippen molar-refractivity contribution in [1.29, 1.82) is 0 Å². The number of H-pyrrole nitrogens is 1. The van der Waals surface area contributed by atoms with Gasteiger partial charge in [0.25, 0.3) is 0 Å². The fraction of sp³-hybridized carbons (Fsp3) is 0.391. The van der Waals surface area contributed by atoms with Crippen molar-refractivity contribution in [1.82, 2.24) is 20.1 Å². The van der Waals surface area contributed by atoms with Gasteiger partial charge in [0.2, 0.25) is 0 Å². The summed E-state index contributed by atoms with van der Waals surface area (Å²) in [5, 5.41) is 21.3. The number of pyridine rings is 1. The van der Waals surface area contributed by atoms with Crippen molar-refractivity contribution in [2.24, 2.45) is 0 Å². The Balaban J connectivity index is 1.31. The molecule has 1 atom stereocenters. The number of hydrogen-bond donors (Lipinski definition) is 3. The minimum absolute atomic E-state index is 0.242. The summed E-state index contributed by atoms with van der Waals surface area (Å²) in [6.07, 6.45) is 6.14. The molecular formula is C23H27N5O3. The van der Waals surface area contributed by atoms with Crippen molar-refractivity contribution in [2.75, 3.05) is 38.7 Å². The van der Waals surface area contributed by atoms with Crippen molar-refractivity contribution >= 4 is 11.5 Å². The van der Waals surface area contributed by atoms with Crippen molar-refractivity contribution in [2.45, 2.75) is 25.4 Å². The number of aromatic nitrogens is 3. The Morgan fingerprint density at radius 3 is 2.90 bits per heavy atom. The second-order valence-electron chi connectivity index (χ2n) is 8.10. The van der Waals surface area contributed by atoms with Crippen molar-refractivity contribution in [3.8, 4) is 22.8 Å². The van der Waals surface area contributed by atoms with Crippen LogP contribution >= 0.6 is 0 Å². The van der Waals surface area contributed by atoms with E-state index >= 15 is 0 Å². The molecule has 1 unspecified atom stereocenters. The molecule has 1 aliphatic carbocycles. The lowest BCUT2D eigenvalue weighted by Crippen LogP contribution is -2.33. The molecule has 8 heteroatoms. The summed E-state index contributed by atoms with van der Waals surface area (Å²) >= 11 is 0. The molecule has 162 valence electrons. The van der Waals surface area contributed by atoms with Crippen LogP contribution in [0.25, 0.3) is 11.3 Å². The number of nitrogens with one attached hydrogen (secondary N) is 2. The molecule has 1 fully saturated rings. The molecule has 31 heavy (non-hydrogen) atoms. The molecule has 2 aromatic heterocycles. The molecule has 2 aliphatic rings. The Kier molecular flexibility index (Phi) is 5.48. The summed E-state index contributed by atoms with van der Waals surface area (Å²) in [5.41, 5.74) is 5.18. The highest BCUT2D eigenvalue weighted by Crippen LogP contribution is 2.44. The fourth-order valence-electron chi connectivity index (χ4n) is 4.38. The normalized spacial score (nSPS) is 16.1. The summed E-state index contributed by atoms with van der Waals surface area (Å²) in [6.45, 7) is 3.00. The van der Waals surface area contributed by atoms with Gasteiger partial charge >= 0.3 is 0 Å². The maximum atomic E-state index is 10.4. The van der Waals surface area contributed by atoms with E-state index < -0.39 is 6.10 Å². The Bertz CT molecular complexity index is 1050. The number of aromatic amines is 1. The first-order chi connectivity index (χ1) is 15.2. The maximum absolute atomic E-state index is 10.4. The van der Waals surface area contributed by atoms with Gasteiger partial charge in [0.05, 0.1) is 24.7 Å². The molecule has 3 N–H and O–H groups in total. The lowest BCUT2D eigenvalue weighted by molar-refractivity contribution is 0.0747. The molecular weight excluding hydrogens is 394 g/mol. The van der Waals surface area contributed by atoms with E-state index in [0.29, 0.717) is 18.0 Å². The topological polar surface area (TPSA) is 95.5 Å². The van der Waals surface area contributed by atoms with Crippen LogP contribution in [-0.2, 0) is 6.42 Å². The van der Waals surface area contributed by atoms with Gasteiger partial charge in [-0.1, -0.05) is 0 Å². The zero-order chi connectivity index (χ0) is 21.2. The number of anilines is 2. The third-order valence-corrected chi connectivity index (χ3v) is 5.92. The number of aliphatic hydroxyl groups excluding tert-OH is 1. The second-order valence-corrected chi connectivity index (χ2v) is 8.10. The first-order valence-corrected chi connectivity index (χ1v) is 10.7. The molecule has 5 rings (SSSR count). The van der Waals surface area contributed by atoms with Crippen molar-refractivity contribution in [3.63, 3.8) is 0 Å². The lowest BCUT2D eigenvalue weighted by atomic mass is 10.1. The number of rotatable bonds is 8. The summed E-state index contributed by atoms with van der Waals surface area (Å²) in [7, 11) is 1.63. The van der Waals surface area contributed by atoms with Crippen molar-refractivity contribution in [3.05, 3.63) is 47.8 Å². The standard InChI is InChI=1S/C23H27N5O3/c1-30-20-11-18-15(10-21(20)31-14-17(29)13-28-7-2-3-8-28)9-19-22(18)26-27-23(19)25-16-5-4-6-24-12-16/h4-6,10-12,17,29H,2-3,7-9,13-14H2,1H3,(H2,25,26,27). The van der Waals surface area contributed by atoms with Crippen LogP contribution in [0.3, 0.4) is 0 Å². The molecule has 3 aromatic rings.